The van der Waals surface area contributed by atoms with Gasteiger partial charge >= 0.3 is 5.97 Å². The van der Waals surface area contributed by atoms with Crippen LogP contribution >= 0.6 is 0 Å². The number of amides is 2. The normalized spacial score (nSPS) is 14.9. The zero-order valence-electron chi connectivity index (χ0n) is 17.4. The summed E-state index contributed by atoms with van der Waals surface area (Å²) in [4.78, 5) is 43.8. The molecule has 2 aromatic carbocycles. The average molecular weight is 437 g/mol. The van der Waals surface area contributed by atoms with E-state index >= 15 is 0 Å². The molecule has 1 aromatic heterocycles. The topological polar surface area (TPSA) is 103 Å². The van der Waals surface area contributed by atoms with E-state index in [1.165, 1.54) is 24.3 Å². The zero-order valence-corrected chi connectivity index (χ0v) is 17.4. The molecule has 2 amide bonds. The zero-order chi connectivity index (χ0) is 22.8. The molecule has 9 heteroatoms. The fraction of sp³-hybridized carbons (Fsp3) is 0.261. The lowest BCUT2D eigenvalue weighted by molar-refractivity contribution is -0.152. The van der Waals surface area contributed by atoms with Gasteiger partial charge in [-0.2, -0.15) is 4.98 Å². The van der Waals surface area contributed by atoms with E-state index in [-0.39, 0.29) is 35.4 Å². The van der Waals surface area contributed by atoms with E-state index in [4.69, 9.17) is 9.26 Å². The minimum atomic E-state index is -1.09. The summed E-state index contributed by atoms with van der Waals surface area (Å²) in [5, 5.41) is 3.80. The van der Waals surface area contributed by atoms with Crippen LogP contribution in [-0.2, 0) is 16.1 Å². The number of imide groups is 1. The highest BCUT2D eigenvalue weighted by Gasteiger charge is 2.45. The van der Waals surface area contributed by atoms with Gasteiger partial charge in [0.25, 0.3) is 17.7 Å². The molecule has 8 nitrogen and oxygen atoms in total. The van der Waals surface area contributed by atoms with Gasteiger partial charge in [0.15, 0.2) is 6.61 Å². The van der Waals surface area contributed by atoms with E-state index in [9.17, 15) is 18.8 Å². The molecule has 1 aliphatic heterocycles. The Morgan fingerprint density at radius 3 is 2.31 bits per heavy atom. The van der Waals surface area contributed by atoms with Crippen LogP contribution in [0.5, 0.6) is 0 Å². The highest BCUT2D eigenvalue weighted by atomic mass is 19.1. The molecule has 32 heavy (non-hydrogen) atoms. The van der Waals surface area contributed by atoms with Crippen LogP contribution in [0.15, 0.2) is 53.1 Å². The van der Waals surface area contributed by atoms with Gasteiger partial charge < -0.3 is 9.26 Å². The van der Waals surface area contributed by atoms with Crippen molar-refractivity contribution in [2.75, 3.05) is 0 Å². The molecule has 0 fully saturated rings. The summed E-state index contributed by atoms with van der Waals surface area (Å²) >= 11 is 0. The third-order valence-corrected chi connectivity index (χ3v) is 5.44. The first-order valence-corrected chi connectivity index (χ1v) is 10.1. The van der Waals surface area contributed by atoms with Crippen LogP contribution in [0.2, 0.25) is 0 Å². The van der Waals surface area contributed by atoms with Crippen LogP contribution in [0.25, 0.3) is 11.4 Å². The Bertz CT molecular complexity index is 1140. The maximum absolute atomic E-state index is 13.1. The molecule has 0 aliphatic carbocycles. The number of esters is 1. The summed E-state index contributed by atoms with van der Waals surface area (Å²) < 4.78 is 23.5. The number of fused-ring (bicyclic) bond motifs is 1. The molecule has 0 spiro atoms. The summed E-state index contributed by atoms with van der Waals surface area (Å²) in [6.07, 6.45) is 0.544. The van der Waals surface area contributed by atoms with E-state index in [1.807, 2.05) is 6.92 Å². The molecule has 3 aromatic rings. The monoisotopic (exact) mass is 437 g/mol. The first kappa shape index (κ1) is 21.4. The number of aromatic nitrogens is 2. The van der Waals surface area contributed by atoms with Gasteiger partial charge in [-0.3, -0.25) is 14.5 Å². The number of halogens is 1. The van der Waals surface area contributed by atoms with Crippen LogP contribution in [0.3, 0.4) is 0 Å². The lowest BCUT2D eigenvalue weighted by Crippen LogP contribution is -2.49. The smallest absolute Gasteiger partial charge is 0.330 e. The number of rotatable bonds is 7. The average Bonchev–Trinajstić information content (AvgIpc) is 3.37. The fourth-order valence-corrected chi connectivity index (χ4v) is 3.52. The van der Waals surface area contributed by atoms with E-state index in [0.717, 1.165) is 4.90 Å². The maximum Gasteiger partial charge on any atom is 0.330 e. The highest BCUT2D eigenvalue weighted by Crippen LogP contribution is 2.29. The first-order chi connectivity index (χ1) is 15.4. The van der Waals surface area contributed by atoms with Crippen molar-refractivity contribution in [3.8, 4) is 11.4 Å². The molecule has 2 atom stereocenters. The largest absolute Gasteiger partial charge is 0.454 e. The van der Waals surface area contributed by atoms with Gasteiger partial charge in [0.05, 0.1) is 11.1 Å². The summed E-state index contributed by atoms with van der Waals surface area (Å²) in [6, 6.07) is 10.9. The molecule has 0 bridgehead atoms. The standard InChI is InChI=1S/C23H20FN3O5/c1-3-13(2)19(27-21(28)16-6-4-5-7-17(16)22(27)29)23(30)31-12-18-25-20(26-32-18)14-8-10-15(24)11-9-14/h4-11,13,19H,3,12H2,1-2H3/t13-,19-/m1/s1. The molecular formula is C23H20FN3O5. The molecule has 1 aliphatic rings. The molecule has 0 saturated carbocycles. The Kier molecular flexibility index (Phi) is 5.81. The Morgan fingerprint density at radius 1 is 1.09 bits per heavy atom. The molecular weight excluding hydrogens is 417 g/mol. The Balaban J connectivity index is 1.50. The second-order valence-electron chi connectivity index (χ2n) is 7.48. The quantitative estimate of drug-likeness (QED) is 0.411. The van der Waals surface area contributed by atoms with Gasteiger partial charge in [-0.15, -0.1) is 0 Å². The van der Waals surface area contributed by atoms with Crippen molar-refractivity contribution < 1.29 is 28.0 Å². The van der Waals surface area contributed by atoms with Gasteiger partial charge in [0, 0.05) is 5.56 Å². The number of ether oxygens (including phenoxy) is 1. The van der Waals surface area contributed by atoms with Crippen molar-refractivity contribution in [1.82, 2.24) is 15.0 Å². The van der Waals surface area contributed by atoms with E-state index in [1.54, 1.807) is 31.2 Å². The van der Waals surface area contributed by atoms with Crippen molar-refractivity contribution in [3.05, 3.63) is 71.4 Å². The Labute approximate surface area is 183 Å². The van der Waals surface area contributed by atoms with Crippen LogP contribution in [-0.4, -0.2) is 38.9 Å². The molecule has 0 saturated heterocycles. The summed E-state index contributed by atoms with van der Waals surface area (Å²) in [6.45, 7) is 3.30. The van der Waals surface area contributed by atoms with Gasteiger partial charge in [-0.05, 0) is 42.3 Å². The van der Waals surface area contributed by atoms with Gasteiger partial charge in [0.1, 0.15) is 11.9 Å². The second-order valence-corrected chi connectivity index (χ2v) is 7.48. The third kappa shape index (κ3) is 3.89. The third-order valence-electron chi connectivity index (χ3n) is 5.44. The predicted octanol–water partition coefficient (Wildman–Crippen LogP) is 3.63. The van der Waals surface area contributed by atoms with Crippen molar-refractivity contribution in [2.24, 2.45) is 5.92 Å². The molecule has 0 radical (unpaired) electrons. The fourth-order valence-electron chi connectivity index (χ4n) is 3.52. The lowest BCUT2D eigenvalue weighted by atomic mass is 9.97. The summed E-state index contributed by atoms with van der Waals surface area (Å²) in [5.74, 6) is -2.26. The number of nitrogens with zero attached hydrogens (tertiary/aromatic N) is 3. The minimum Gasteiger partial charge on any atom is -0.454 e. The van der Waals surface area contributed by atoms with Crippen molar-refractivity contribution in [2.45, 2.75) is 32.9 Å². The number of carbonyl (C=O) groups is 3. The maximum atomic E-state index is 13.1. The Morgan fingerprint density at radius 2 is 1.72 bits per heavy atom. The number of carbonyl (C=O) groups excluding carboxylic acids is 3. The number of hydrogen-bond acceptors (Lipinski definition) is 7. The minimum absolute atomic E-state index is 0.0305. The van der Waals surface area contributed by atoms with Gasteiger partial charge in [-0.25, -0.2) is 9.18 Å². The van der Waals surface area contributed by atoms with Crippen molar-refractivity contribution >= 4 is 17.8 Å². The highest BCUT2D eigenvalue weighted by molar-refractivity contribution is 6.22. The second kappa shape index (κ2) is 8.70. The van der Waals surface area contributed by atoms with Crippen LogP contribution in [0.1, 0.15) is 46.9 Å². The van der Waals surface area contributed by atoms with Gasteiger partial charge in [0.2, 0.25) is 5.82 Å². The number of hydrogen-bond donors (Lipinski definition) is 0. The van der Waals surface area contributed by atoms with E-state index in [2.05, 4.69) is 10.1 Å². The van der Waals surface area contributed by atoms with Crippen LogP contribution in [0, 0.1) is 11.7 Å². The SMILES string of the molecule is CC[C@@H](C)[C@H](C(=O)OCc1nc(-c2ccc(F)cc2)no1)N1C(=O)c2ccccc2C1=O. The van der Waals surface area contributed by atoms with Crippen LogP contribution in [0.4, 0.5) is 4.39 Å². The molecule has 164 valence electrons. The predicted molar refractivity (Wildman–Crippen MR) is 110 cm³/mol. The summed E-state index contributed by atoms with van der Waals surface area (Å²) in [7, 11) is 0. The molecule has 2 heterocycles. The molecule has 0 unspecified atom stereocenters. The van der Waals surface area contributed by atoms with E-state index < -0.39 is 29.6 Å². The first-order valence-electron chi connectivity index (χ1n) is 10.1. The Hall–Kier alpha value is -3.88. The summed E-state index contributed by atoms with van der Waals surface area (Å²) in [5.41, 5.74) is 1.06. The molecule has 4 rings (SSSR count). The van der Waals surface area contributed by atoms with E-state index in [0.29, 0.717) is 12.0 Å². The number of benzene rings is 2. The van der Waals surface area contributed by atoms with Crippen molar-refractivity contribution in [3.63, 3.8) is 0 Å². The molecule has 0 N–H and O–H groups in total. The van der Waals surface area contributed by atoms with Crippen molar-refractivity contribution in [1.29, 1.82) is 0 Å². The van der Waals surface area contributed by atoms with Gasteiger partial charge in [-0.1, -0.05) is 37.6 Å². The van der Waals surface area contributed by atoms with Crippen LogP contribution < -0.4 is 0 Å². The lowest BCUT2D eigenvalue weighted by Gasteiger charge is -2.28.